The van der Waals surface area contributed by atoms with Crippen molar-refractivity contribution < 1.29 is 14.3 Å². The predicted octanol–water partition coefficient (Wildman–Crippen LogP) is 2.63. The summed E-state index contributed by atoms with van der Waals surface area (Å²) >= 11 is 0. The molecule has 0 unspecified atom stereocenters. The van der Waals surface area contributed by atoms with E-state index in [2.05, 4.69) is 15.6 Å². The smallest absolute Gasteiger partial charge is 0.408 e. The molecule has 0 bridgehead atoms. The molecule has 0 aliphatic rings. The monoisotopic (exact) mass is 411 g/mol. The zero-order chi connectivity index (χ0) is 21.7. The summed E-state index contributed by atoms with van der Waals surface area (Å²) in [4.78, 5) is 29.3. The Hall–Kier alpha value is -3.29. The summed E-state index contributed by atoms with van der Waals surface area (Å²) in [6, 6.07) is 7.24. The third kappa shape index (κ3) is 5.62. The van der Waals surface area contributed by atoms with Crippen LogP contribution in [0.1, 0.15) is 26.3 Å². The van der Waals surface area contributed by atoms with Crippen LogP contribution < -0.4 is 10.6 Å². The molecule has 3 aromatic rings. The minimum atomic E-state index is -0.756. The second kappa shape index (κ2) is 9.02. The van der Waals surface area contributed by atoms with Gasteiger partial charge in [0, 0.05) is 56.1 Å². The molecule has 1 aromatic carbocycles. The lowest BCUT2D eigenvalue weighted by atomic mass is 10.0. The molecule has 30 heavy (non-hydrogen) atoms. The van der Waals surface area contributed by atoms with Gasteiger partial charge in [0.05, 0.1) is 6.33 Å². The van der Waals surface area contributed by atoms with Crippen LogP contribution in [-0.2, 0) is 29.5 Å². The van der Waals surface area contributed by atoms with E-state index in [1.807, 2.05) is 52.8 Å². The molecule has 0 radical (unpaired) electrons. The highest BCUT2D eigenvalue weighted by Crippen LogP contribution is 2.21. The van der Waals surface area contributed by atoms with Crippen LogP contribution in [0.25, 0.3) is 10.9 Å². The predicted molar refractivity (Wildman–Crippen MR) is 115 cm³/mol. The molecule has 2 amide bonds. The van der Waals surface area contributed by atoms with Crippen molar-refractivity contribution >= 4 is 22.9 Å². The zero-order valence-corrected chi connectivity index (χ0v) is 17.9. The Morgan fingerprint density at radius 3 is 2.70 bits per heavy atom. The molecular weight excluding hydrogens is 382 g/mol. The molecule has 0 aliphatic heterocycles. The lowest BCUT2D eigenvalue weighted by Crippen LogP contribution is -2.49. The summed E-state index contributed by atoms with van der Waals surface area (Å²) in [5, 5.41) is 6.70. The molecule has 0 spiro atoms. The van der Waals surface area contributed by atoms with Crippen molar-refractivity contribution in [3.8, 4) is 0 Å². The molecule has 0 fully saturated rings. The third-order valence-corrected chi connectivity index (χ3v) is 4.64. The standard InChI is InChI=1S/C22H29N5O3/c1-22(2,3)30-21(29)25-18(20(28)24-10-12-27-11-9-23-15-27)13-16-14-26(4)19-8-6-5-7-17(16)19/h5-9,11,14-15,18H,10,12-13H2,1-4H3,(H,24,28)(H,25,29)/t18-/m0/s1. The largest absolute Gasteiger partial charge is 0.444 e. The topological polar surface area (TPSA) is 90.2 Å². The molecule has 2 heterocycles. The van der Waals surface area contributed by atoms with Crippen LogP contribution in [0.2, 0.25) is 0 Å². The maximum absolute atomic E-state index is 12.9. The number of fused-ring (bicyclic) bond motifs is 1. The fourth-order valence-corrected chi connectivity index (χ4v) is 3.32. The van der Waals surface area contributed by atoms with E-state index in [0.29, 0.717) is 19.5 Å². The van der Waals surface area contributed by atoms with E-state index in [4.69, 9.17) is 4.74 Å². The highest BCUT2D eigenvalue weighted by Gasteiger charge is 2.25. The number of carbonyl (C=O) groups excluding carboxylic acids is 2. The van der Waals surface area contributed by atoms with Gasteiger partial charge >= 0.3 is 6.09 Å². The molecule has 2 aromatic heterocycles. The van der Waals surface area contributed by atoms with Gasteiger partial charge in [0.1, 0.15) is 11.6 Å². The number of hydrogen-bond acceptors (Lipinski definition) is 4. The lowest BCUT2D eigenvalue weighted by Gasteiger charge is -2.23. The Bertz CT molecular complexity index is 1000. The minimum absolute atomic E-state index is 0.256. The van der Waals surface area contributed by atoms with E-state index in [-0.39, 0.29) is 5.91 Å². The van der Waals surface area contributed by atoms with E-state index < -0.39 is 17.7 Å². The average Bonchev–Trinajstić information content (AvgIpc) is 3.28. The zero-order valence-electron chi connectivity index (χ0n) is 17.9. The molecule has 8 heteroatoms. The third-order valence-electron chi connectivity index (χ3n) is 4.64. The molecule has 0 saturated heterocycles. The van der Waals surface area contributed by atoms with E-state index >= 15 is 0 Å². The van der Waals surface area contributed by atoms with Crippen molar-refractivity contribution in [2.45, 2.75) is 45.4 Å². The summed E-state index contributed by atoms with van der Waals surface area (Å²) in [6.45, 7) is 6.39. The summed E-state index contributed by atoms with van der Waals surface area (Å²) < 4.78 is 9.26. The first kappa shape index (κ1) is 21.4. The van der Waals surface area contributed by atoms with Crippen LogP contribution in [0.3, 0.4) is 0 Å². The Morgan fingerprint density at radius 1 is 1.23 bits per heavy atom. The molecule has 1 atom stereocenters. The summed E-state index contributed by atoms with van der Waals surface area (Å²) in [5.41, 5.74) is 1.41. The molecule has 2 N–H and O–H groups in total. The van der Waals surface area contributed by atoms with Gasteiger partial charge in [-0.05, 0) is 32.4 Å². The quantitative estimate of drug-likeness (QED) is 0.625. The number of nitrogens with one attached hydrogen (secondary N) is 2. The lowest BCUT2D eigenvalue weighted by molar-refractivity contribution is -0.123. The summed E-state index contributed by atoms with van der Waals surface area (Å²) in [5.74, 6) is -0.256. The summed E-state index contributed by atoms with van der Waals surface area (Å²) in [7, 11) is 1.97. The Labute approximate surface area is 176 Å². The number of carbonyl (C=O) groups is 2. The van der Waals surface area contributed by atoms with Gasteiger partial charge in [0.25, 0.3) is 0 Å². The highest BCUT2D eigenvalue weighted by molar-refractivity contribution is 5.88. The van der Waals surface area contributed by atoms with Crippen molar-refractivity contribution in [2.24, 2.45) is 7.05 Å². The van der Waals surface area contributed by atoms with Gasteiger partial charge in [0.2, 0.25) is 5.91 Å². The number of ether oxygens (including phenoxy) is 1. The van der Waals surface area contributed by atoms with Crippen LogP contribution in [-0.4, -0.2) is 44.3 Å². The number of alkyl carbamates (subject to hydrolysis) is 1. The first-order valence-corrected chi connectivity index (χ1v) is 9.99. The molecule has 8 nitrogen and oxygen atoms in total. The number of amides is 2. The van der Waals surface area contributed by atoms with E-state index in [9.17, 15) is 9.59 Å². The number of nitrogens with zero attached hydrogens (tertiary/aromatic N) is 3. The fourth-order valence-electron chi connectivity index (χ4n) is 3.32. The number of rotatable bonds is 7. The van der Waals surface area contributed by atoms with Crippen LogP contribution in [0.4, 0.5) is 4.79 Å². The number of benzene rings is 1. The number of imidazole rings is 1. The number of hydrogen-bond donors (Lipinski definition) is 2. The van der Waals surface area contributed by atoms with Crippen molar-refractivity contribution in [1.29, 1.82) is 0 Å². The van der Waals surface area contributed by atoms with Gasteiger partial charge in [-0.15, -0.1) is 0 Å². The Kier molecular flexibility index (Phi) is 6.44. The average molecular weight is 412 g/mol. The highest BCUT2D eigenvalue weighted by atomic mass is 16.6. The minimum Gasteiger partial charge on any atom is -0.444 e. The van der Waals surface area contributed by atoms with E-state index in [0.717, 1.165) is 16.5 Å². The molecule has 160 valence electrons. The SMILES string of the molecule is Cn1cc(C[C@H](NC(=O)OC(C)(C)C)C(=O)NCCn2ccnc2)c2ccccc21. The van der Waals surface area contributed by atoms with Gasteiger partial charge in [-0.25, -0.2) is 9.78 Å². The second-order valence-corrected chi connectivity index (χ2v) is 8.28. The van der Waals surface area contributed by atoms with Crippen molar-refractivity contribution in [3.63, 3.8) is 0 Å². The first-order chi connectivity index (χ1) is 14.2. The Morgan fingerprint density at radius 2 is 2.00 bits per heavy atom. The Balaban J connectivity index is 1.73. The van der Waals surface area contributed by atoms with Gasteiger partial charge < -0.3 is 24.5 Å². The van der Waals surface area contributed by atoms with Gasteiger partial charge in [-0.1, -0.05) is 18.2 Å². The normalized spacial score (nSPS) is 12.5. The van der Waals surface area contributed by atoms with Crippen molar-refractivity contribution in [2.75, 3.05) is 6.54 Å². The van der Waals surface area contributed by atoms with Crippen LogP contribution in [0.5, 0.6) is 0 Å². The van der Waals surface area contributed by atoms with Gasteiger partial charge in [-0.3, -0.25) is 4.79 Å². The van der Waals surface area contributed by atoms with Crippen LogP contribution in [0, 0.1) is 0 Å². The number of aromatic nitrogens is 3. The van der Waals surface area contributed by atoms with Crippen LogP contribution in [0.15, 0.2) is 49.2 Å². The molecular formula is C22H29N5O3. The first-order valence-electron chi connectivity index (χ1n) is 9.99. The molecule has 3 rings (SSSR count). The van der Waals surface area contributed by atoms with E-state index in [1.54, 1.807) is 33.3 Å². The maximum Gasteiger partial charge on any atom is 0.408 e. The number of para-hydroxylation sites is 1. The fraction of sp³-hybridized carbons (Fsp3) is 0.409. The van der Waals surface area contributed by atoms with Gasteiger partial charge in [-0.2, -0.15) is 0 Å². The second-order valence-electron chi connectivity index (χ2n) is 8.28. The van der Waals surface area contributed by atoms with Crippen molar-refractivity contribution in [3.05, 3.63) is 54.7 Å². The molecule has 0 aliphatic carbocycles. The van der Waals surface area contributed by atoms with E-state index in [1.165, 1.54) is 0 Å². The molecule has 0 saturated carbocycles. The summed E-state index contributed by atoms with van der Waals surface area (Å²) in [6.07, 6.45) is 6.95. The van der Waals surface area contributed by atoms with Crippen molar-refractivity contribution in [1.82, 2.24) is 24.8 Å². The number of aryl methyl sites for hydroxylation is 1. The van der Waals surface area contributed by atoms with Gasteiger partial charge in [0.15, 0.2) is 0 Å². The maximum atomic E-state index is 12.9. The van der Waals surface area contributed by atoms with Crippen LogP contribution >= 0.6 is 0 Å².